The van der Waals surface area contributed by atoms with Gasteiger partial charge >= 0.3 is 6.09 Å². The van der Waals surface area contributed by atoms with E-state index in [-0.39, 0.29) is 11.7 Å². The van der Waals surface area contributed by atoms with E-state index in [4.69, 9.17) is 4.74 Å². The van der Waals surface area contributed by atoms with Crippen molar-refractivity contribution in [3.63, 3.8) is 0 Å². The van der Waals surface area contributed by atoms with Crippen LogP contribution in [0, 0.1) is 0 Å². The summed E-state index contributed by atoms with van der Waals surface area (Å²) in [6, 6.07) is 0.758. The van der Waals surface area contributed by atoms with Gasteiger partial charge < -0.3 is 19.4 Å². The molecule has 0 aliphatic carbocycles. The summed E-state index contributed by atoms with van der Waals surface area (Å²) in [5, 5.41) is 0. The number of likely N-dealkylation sites (tertiary alicyclic amines) is 1. The number of nitrogens with zero attached hydrogens (tertiary/aromatic N) is 4. The van der Waals surface area contributed by atoms with Crippen LogP contribution in [-0.2, 0) is 4.74 Å². The van der Waals surface area contributed by atoms with E-state index in [1.807, 2.05) is 4.90 Å². The summed E-state index contributed by atoms with van der Waals surface area (Å²) >= 11 is 2.08. The number of carbonyl (C=O) groups is 1. The minimum absolute atomic E-state index is 0.0734. The molecule has 4 aliphatic heterocycles. The van der Waals surface area contributed by atoms with E-state index >= 15 is 0 Å². The van der Waals surface area contributed by atoms with Crippen LogP contribution in [0.2, 0.25) is 0 Å². The van der Waals surface area contributed by atoms with Crippen molar-refractivity contribution in [2.75, 3.05) is 77.0 Å². The van der Waals surface area contributed by atoms with Crippen LogP contribution < -0.4 is 0 Å². The highest BCUT2D eigenvalue weighted by Gasteiger charge is 2.47. The maximum Gasteiger partial charge on any atom is 0.410 e. The minimum Gasteiger partial charge on any atom is -0.441 e. The minimum atomic E-state index is -0.202. The summed E-state index contributed by atoms with van der Waals surface area (Å²) in [5.41, 5.74) is -0.202. The molecule has 0 saturated carbocycles. The zero-order valence-corrected chi connectivity index (χ0v) is 17.7. The first-order valence-electron chi connectivity index (χ1n) is 10.9. The molecule has 1 atom stereocenters. The zero-order valence-electron chi connectivity index (χ0n) is 16.9. The highest BCUT2D eigenvalue weighted by atomic mass is 32.2. The Labute approximate surface area is 168 Å². The van der Waals surface area contributed by atoms with Crippen LogP contribution in [0.1, 0.15) is 32.6 Å². The summed E-state index contributed by atoms with van der Waals surface area (Å²) in [7, 11) is 0. The van der Waals surface area contributed by atoms with Gasteiger partial charge in [0.05, 0.1) is 6.54 Å². The van der Waals surface area contributed by atoms with Crippen LogP contribution in [0.4, 0.5) is 4.79 Å². The van der Waals surface area contributed by atoms with Crippen molar-refractivity contribution in [1.29, 1.82) is 0 Å². The number of hydrogen-bond acceptors (Lipinski definition) is 6. The molecule has 4 saturated heterocycles. The predicted molar refractivity (Wildman–Crippen MR) is 110 cm³/mol. The molecule has 7 heteroatoms. The van der Waals surface area contributed by atoms with Crippen LogP contribution in [0.3, 0.4) is 0 Å². The number of piperazine rings is 1. The Bertz CT molecular complexity index is 498. The zero-order chi connectivity index (χ0) is 18.7. The fraction of sp³-hybridized carbons (Fsp3) is 0.950. The molecule has 4 heterocycles. The number of carbonyl (C=O) groups excluding carboxylic acids is 1. The monoisotopic (exact) mass is 396 g/mol. The van der Waals surface area contributed by atoms with Crippen molar-refractivity contribution in [3.05, 3.63) is 0 Å². The first-order chi connectivity index (χ1) is 13.2. The maximum atomic E-state index is 12.4. The summed E-state index contributed by atoms with van der Waals surface area (Å²) < 4.78 is 5.92. The number of piperidine rings is 1. The lowest BCUT2D eigenvalue weighted by molar-refractivity contribution is -0.00742. The third-order valence-electron chi connectivity index (χ3n) is 6.99. The standard InChI is InChI=1S/C20H36N4O2S/c1-2-21-11-13-22(14-12-21)7-3-8-24-17-20(26-19(24)25)5-9-23(10-6-20)18-4-15-27-16-18/h18H,2-17H2,1H3. The van der Waals surface area contributed by atoms with Crippen molar-refractivity contribution < 1.29 is 9.53 Å². The fourth-order valence-electron chi connectivity index (χ4n) is 5.05. The van der Waals surface area contributed by atoms with E-state index in [1.54, 1.807) is 0 Å². The number of likely N-dealkylation sites (N-methyl/N-ethyl adjacent to an activating group) is 1. The van der Waals surface area contributed by atoms with Crippen molar-refractivity contribution in [1.82, 2.24) is 19.6 Å². The molecule has 1 unspecified atom stereocenters. The quantitative estimate of drug-likeness (QED) is 0.682. The first kappa shape index (κ1) is 19.8. The van der Waals surface area contributed by atoms with Gasteiger partial charge in [0.1, 0.15) is 5.60 Å². The van der Waals surface area contributed by atoms with Crippen molar-refractivity contribution in [3.8, 4) is 0 Å². The second-order valence-corrected chi connectivity index (χ2v) is 9.81. The van der Waals surface area contributed by atoms with E-state index in [0.29, 0.717) is 0 Å². The lowest BCUT2D eigenvalue weighted by atomic mass is 9.90. The molecule has 4 fully saturated rings. The smallest absolute Gasteiger partial charge is 0.410 e. The Hall–Kier alpha value is -0.500. The van der Waals surface area contributed by atoms with Gasteiger partial charge in [-0.2, -0.15) is 11.8 Å². The Morgan fingerprint density at radius 3 is 2.48 bits per heavy atom. The van der Waals surface area contributed by atoms with Crippen molar-refractivity contribution in [2.24, 2.45) is 0 Å². The highest BCUT2D eigenvalue weighted by Crippen LogP contribution is 2.35. The van der Waals surface area contributed by atoms with Crippen LogP contribution >= 0.6 is 11.8 Å². The summed E-state index contributed by atoms with van der Waals surface area (Å²) in [5.74, 6) is 2.59. The average molecular weight is 397 g/mol. The van der Waals surface area contributed by atoms with Gasteiger partial charge in [0.2, 0.25) is 0 Å². The third-order valence-corrected chi connectivity index (χ3v) is 8.13. The molecule has 0 aromatic carbocycles. The van der Waals surface area contributed by atoms with Crippen LogP contribution in [0.5, 0.6) is 0 Å². The maximum absolute atomic E-state index is 12.4. The van der Waals surface area contributed by atoms with Crippen molar-refractivity contribution >= 4 is 17.9 Å². The molecular formula is C20H36N4O2S. The van der Waals surface area contributed by atoms with Gasteiger partial charge in [-0.25, -0.2) is 4.79 Å². The van der Waals surface area contributed by atoms with Crippen LogP contribution in [0.25, 0.3) is 0 Å². The van der Waals surface area contributed by atoms with Gasteiger partial charge in [0, 0.05) is 70.4 Å². The topological polar surface area (TPSA) is 39.3 Å². The molecule has 1 spiro atoms. The van der Waals surface area contributed by atoms with Gasteiger partial charge in [0.15, 0.2) is 0 Å². The lowest BCUT2D eigenvalue weighted by Crippen LogP contribution is -2.50. The Kier molecular flexibility index (Phi) is 6.52. The molecule has 4 aliphatic rings. The molecule has 0 aromatic heterocycles. The normalized spacial score (nSPS) is 30.3. The van der Waals surface area contributed by atoms with Gasteiger partial charge in [-0.05, 0) is 31.7 Å². The molecule has 4 rings (SSSR count). The Balaban J connectivity index is 1.18. The second-order valence-electron chi connectivity index (χ2n) is 8.66. The van der Waals surface area contributed by atoms with Crippen molar-refractivity contribution in [2.45, 2.75) is 44.2 Å². The largest absolute Gasteiger partial charge is 0.441 e. The predicted octanol–water partition coefficient (Wildman–Crippen LogP) is 1.81. The molecule has 0 N–H and O–H groups in total. The summed E-state index contributed by atoms with van der Waals surface area (Å²) in [6.07, 6.45) is 4.33. The van der Waals surface area contributed by atoms with Crippen LogP contribution in [0.15, 0.2) is 0 Å². The van der Waals surface area contributed by atoms with Gasteiger partial charge in [-0.15, -0.1) is 0 Å². The van der Waals surface area contributed by atoms with E-state index < -0.39 is 0 Å². The molecule has 0 aromatic rings. The number of rotatable bonds is 6. The molecule has 0 bridgehead atoms. The fourth-order valence-corrected chi connectivity index (χ4v) is 6.30. The molecule has 154 valence electrons. The first-order valence-corrected chi connectivity index (χ1v) is 12.1. The third kappa shape index (κ3) is 4.74. The average Bonchev–Trinajstić information content (AvgIpc) is 3.32. The second kappa shape index (κ2) is 8.89. The molecule has 6 nitrogen and oxygen atoms in total. The number of amides is 1. The van der Waals surface area contributed by atoms with Gasteiger partial charge in [-0.1, -0.05) is 6.92 Å². The summed E-state index contributed by atoms with van der Waals surface area (Å²) in [6.45, 7) is 13.0. The van der Waals surface area contributed by atoms with E-state index in [9.17, 15) is 4.79 Å². The lowest BCUT2D eigenvalue weighted by Gasteiger charge is -2.40. The molecule has 0 radical (unpaired) electrons. The molecule has 1 amide bonds. The Morgan fingerprint density at radius 2 is 1.81 bits per heavy atom. The van der Waals surface area contributed by atoms with Gasteiger partial charge in [0.25, 0.3) is 0 Å². The van der Waals surface area contributed by atoms with E-state index in [2.05, 4.69) is 33.4 Å². The number of hydrogen-bond donors (Lipinski definition) is 0. The number of ether oxygens (including phenoxy) is 1. The Morgan fingerprint density at radius 1 is 1.07 bits per heavy atom. The van der Waals surface area contributed by atoms with E-state index in [0.717, 1.165) is 77.7 Å². The number of thioether (sulfide) groups is 1. The van der Waals surface area contributed by atoms with E-state index in [1.165, 1.54) is 31.0 Å². The SMILES string of the molecule is CCN1CCN(CCCN2CC3(CCN(C4CCSC4)CC3)OC2=O)CC1. The molecule has 27 heavy (non-hydrogen) atoms. The van der Waals surface area contributed by atoms with Gasteiger partial charge in [-0.3, -0.25) is 4.90 Å². The highest BCUT2D eigenvalue weighted by molar-refractivity contribution is 7.99. The summed E-state index contributed by atoms with van der Waals surface area (Å²) in [4.78, 5) is 22.1. The molecular weight excluding hydrogens is 360 g/mol. The van der Waals surface area contributed by atoms with Crippen LogP contribution in [-0.4, -0.2) is 114 Å².